The first kappa shape index (κ1) is 16.3. The minimum absolute atomic E-state index is 0.0226. The Balaban J connectivity index is 1.85. The van der Waals surface area contributed by atoms with Crippen LogP contribution in [-0.2, 0) is 13.1 Å². The number of rotatable bonds is 5. The van der Waals surface area contributed by atoms with E-state index in [0.29, 0.717) is 23.7 Å². The molecule has 0 atom stereocenters. The van der Waals surface area contributed by atoms with Crippen molar-refractivity contribution in [2.45, 2.75) is 13.1 Å². The molecule has 1 amide bonds. The van der Waals surface area contributed by atoms with E-state index >= 15 is 0 Å². The highest BCUT2D eigenvalue weighted by molar-refractivity contribution is 6.30. The Morgan fingerprint density at radius 2 is 1.21 bits per heavy atom. The summed E-state index contributed by atoms with van der Waals surface area (Å²) in [4.78, 5) is 14.8. The number of halogens is 1. The van der Waals surface area contributed by atoms with Crippen LogP contribution in [0.2, 0.25) is 5.02 Å². The van der Waals surface area contributed by atoms with E-state index in [-0.39, 0.29) is 5.91 Å². The van der Waals surface area contributed by atoms with Crippen molar-refractivity contribution in [3.05, 3.63) is 107 Å². The number of benzene rings is 3. The summed E-state index contributed by atoms with van der Waals surface area (Å²) < 4.78 is 0. The number of carbonyl (C=O) groups excluding carboxylic acids is 1. The minimum Gasteiger partial charge on any atom is -0.330 e. The SMILES string of the molecule is O=C(c1ccccc1)N(Cc1ccccc1)Cc1ccc(Cl)cc1. The molecule has 0 N–H and O–H groups in total. The first-order chi connectivity index (χ1) is 11.7. The molecular formula is C21H18ClNO. The van der Waals surface area contributed by atoms with Crippen LogP contribution in [0.25, 0.3) is 0 Å². The molecule has 0 aliphatic rings. The van der Waals surface area contributed by atoms with Gasteiger partial charge in [0.25, 0.3) is 5.91 Å². The van der Waals surface area contributed by atoms with Gasteiger partial charge in [0.15, 0.2) is 0 Å². The Morgan fingerprint density at radius 1 is 0.708 bits per heavy atom. The summed E-state index contributed by atoms with van der Waals surface area (Å²) in [6, 6.07) is 27.0. The van der Waals surface area contributed by atoms with Gasteiger partial charge in [0.2, 0.25) is 0 Å². The molecule has 120 valence electrons. The Morgan fingerprint density at radius 3 is 1.79 bits per heavy atom. The number of hydrogen-bond donors (Lipinski definition) is 0. The molecule has 3 aromatic carbocycles. The van der Waals surface area contributed by atoms with Gasteiger partial charge < -0.3 is 4.90 Å². The molecule has 24 heavy (non-hydrogen) atoms. The van der Waals surface area contributed by atoms with Gasteiger partial charge in [-0.25, -0.2) is 0 Å². The first-order valence-corrected chi connectivity index (χ1v) is 8.23. The van der Waals surface area contributed by atoms with E-state index in [1.807, 2.05) is 89.8 Å². The third-order valence-corrected chi connectivity index (χ3v) is 4.06. The van der Waals surface area contributed by atoms with Crippen LogP contribution < -0.4 is 0 Å². The van der Waals surface area contributed by atoms with E-state index in [0.717, 1.165) is 11.1 Å². The van der Waals surface area contributed by atoms with Gasteiger partial charge in [-0.1, -0.05) is 72.3 Å². The molecule has 0 bridgehead atoms. The van der Waals surface area contributed by atoms with Crippen molar-refractivity contribution in [1.82, 2.24) is 4.90 Å². The zero-order chi connectivity index (χ0) is 16.8. The van der Waals surface area contributed by atoms with Gasteiger partial charge in [0.05, 0.1) is 0 Å². The van der Waals surface area contributed by atoms with Crippen molar-refractivity contribution >= 4 is 17.5 Å². The van der Waals surface area contributed by atoms with Crippen LogP contribution in [0, 0.1) is 0 Å². The number of hydrogen-bond acceptors (Lipinski definition) is 1. The van der Waals surface area contributed by atoms with E-state index in [4.69, 9.17) is 11.6 Å². The fraction of sp³-hybridized carbons (Fsp3) is 0.0952. The van der Waals surface area contributed by atoms with Crippen molar-refractivity contribution in [3.63, 3.8) is 0 Å². The smallest absolute Gasteiger partial charge is 0.254 e. The zero-order valence-corrected chi connectivity index (χ0v) is 14.0. The molecule has 0 spiro atoms. The quantitative estimate of drug-likeness (QED) is 0.629. The Bertz CT molecular complexity index is 785. The Labute approximate surface area is 147 Å². The van der Waals surface area contributed by atoms with Gasteiger partial charge in [0.1, 0.15) is 0 Å². The molecule has 3 heteroatoms. The maximum absolute atomic E-state index is 12.9. The summed E-state index contributed by atoms with van der Waals surface area (Å²) in [5.41, 5.74) is 2.86. The fourth-order valence-corrected chi connectivity index (χ4v) is 2.70. The average Bonchev–Trinajstić information content (AvgIpc) is 2.64. The predicted molar refractivity (Wildman–Crippen MR) is 97.9 cm³/mol. The van der Waals surface area contributed by atoms with Gasteiger partial charge in [-0.15, -0.1) is 0 Å². The third-order valence-electron chi connectivity index (χ3n) is 3.81. The van der Waals surface area contributed by atoms with Crippen LogP contribution >= 0.6 is 11.6 Å². The summed E-state index contributed by atoms with van der Waals surface area (Å²) >= 11 is 5.96. The molecule has 3 rings (SSSR count). The lowest BCUT2D eigenvalue weighted by atomic mass is 10.1. The lowest BCUT2D eigenvalue weighted by Gasteiger charge is -2.23. The van der Waals surface area contributed by atoms with Crippen LogP contribution in [0.15, 0.2) is 84.9 Å². The van der Waals surface area contributed by atoms with Crippen LogP contribution in [-0.4, -0.2) is 10.8 Å². The predicted octanol–water partition coefficient (Wildman–Crippen LogP) is 5.18. The second kappa shape index (κ2) is 7.80. The average molecular weight is 336 g/mol. The van der Waals surface area contributed by atoms with Crippen molar-refractivity contribution in [1.29, 1.82) is 0 Å². The van der Waals surface area contributed by atoms with E-state index in [1.165, 1.54) is 0 Å². The lowest BCUT2D eigenvalue weighted by Crippen LogP contribution is -2.30. The number of amides is 1. The second-order valence-corrected chi connectivity index (χ2v) is 6.08. The molecule has 0 heterocycles. The fourth-order valence-electron chi connectivity index (χ4n) is 2.58. The normalized spacial score (nSPS) is 10.4. The molecule has 0 aliphatic heterocycles. The van der Waals surface area contributed by atoms with Crippen molar-refractivity contribution in [3.8, 4) is 0 Å². The van der Waals surface area contributed by atoms with Crippen molar-refractivity contribution in [2.24, 2.45) is 0 Å². The van der Waals surface area contributed by atoms with Crippen LogP contribution in [0.5, 0.6) is 0 Å². The molecule has 0 fully saturated rings. The third kappa shape index (κ3) is 4.24. The van der Waals surface area contributed by atoms with Crippen LogP contribution in [0.1, 0.15) is 21.5 Å². The minimum atomic E-state index is 0.0226. The molecular weight excluding hydrogens is 318 g/mol. The summed E-state index contributed by atoms with van der Waals surface area (Å²) in [7, 11) is 0. The highest BCUT2D eigenvalue weighted by Crippen LogP contribution is 2.16. The Kier molecular flexibility index (Phi) is 5.29. The highest BCUT2D eigenvalue weighted by atomic mass is 35.5. The maximum Gasteiger partial charge on any atom is 0.254 e. The van der Waals surface area contributed by atoms with Gasteiger partial charge >= 0.3 is 0 Å². The van der Waals surface area contributed by atoms with Gasteiger partial charge in [0, 0.05) is 23.7 Å². The van der Waals surface area contributed by atoms with E-state index < -0.39 is 0 Å². The number of carbonyl (C=O) groups is 1. The molecule has 0 saturated carbocycles. The van der Waals surface area contributed by atoms with E-state index in [9.17, 15) is 4.79 Å². The second-order valence-electron chi connectivity index (χ2n) is 5.64. The van der Waals surface area contributed by atoms with Gasteiger partial charge in [-0.05, 0) is 35.4 Å². The highest BCUT2D eigenvalue weighted by Gasteiger charge is 2.16. The molecule has 3 aromatic rings. The van der Waals surface area contributed by atoms with Crippen molar-refractivity contribution < 1.29 is 4.79 Å². The lowest BCUT2D eigenvalue weighted by molar-refractivity contribution is 0.0730. The standard InChI is InChI=1S/C21H18ClNO/c22-20-13-11-18(12-14-20)16-23(15-17-7-3-1-4-8-17)21(24)19-9-5-2-6-10-19/h1-14H,15-16H2. The van der Waals surface area contributed by atoms with Crippen LogP contribution in [0.3, 0.4) is 0 Å². The van der Waals surface area contributed by atoms with Gasteiger partial charge in [-0.2, -0.15) is 0 Å². The van der Waals surface area contributed by atoms with E-state index in [2.05, 4.69) is 0 Å². The monoisotopic (exact) mass is 335 g/mol. The molecule has 2 nitrogen and oxygen atoms in total. The summed E-state index contributed by atoms with van der Waals surface area (Å²) in [6.07, 6.45) is 0. The largest absolute Gasteiger partial charge is 0.330 e. The summed E-state index contributed by atoms with van der Waals surface area (Å²) in [5.74, 6) is 0.0226. The summed E-state index contributed by atoms with van der Waals surface area (Å²) in [5, 5.41) is 0.697. The topological polar surface area (TPSA) is 20.3 Å². The first-order valence-electron chi connectivity index (χ1n) is 7.85. The Hall–Kier alpha value is -2.58. The maximum atomic E-state index is 12.9. The van der Waals surface area contributed by atoms with Gasteiger partial charge in [-0.3, -0.25) is 4.79 Å². The molecule has 0 radical (unpaired) electrons. The molecule has 0 saturated heterocycles. The number of nitrogens with zero attached hydrogens (tertiary/aromatic N) is 1. The van der Waals surface area contributed by atoms with E-state index in [1.54, 1.807) is 0 Å². The molecule has 0 aliphatic carbocycles. The van der Waals surface area contributed by atoms with Crippen molar-refractivity contribution in [2.75, 3.05) is 0 Å². The summed E-state index contributed by atoms with van der Waals surface area (Å²) in [6.45, 7) is 1.11. The zero-order valence-electron chi connectivity index (χ0n) is 13.2. The molecule has 0 aromatic heterocycles. The van der Waals surface area contributed by atoms with Crippen LogP contribution in [0.4, 0.5) is 0 Å². The molecule has 0 unspecified atom stereocenters.